The van der Waals surface area contributed by atoms with Gasteiger partial charge in [-0.1, -0.05) is 30.3 Å². The zero-order chi connectivity index (χ0) is 20.8. The third-order valence-corrected chi connectivity index (χ3v) is 7.23. The van der Waals surface area contributed by atoms with Gasteiger partial charge in [0.15, 0.2) is 0 Å². The maximum Gasteiger partial charge on any atom is 0.253 e. The first kappa shape index (κ1) is 21.0. The molecule has 2 aliphatic rings. The van der Waals surface area contributed by atoms with Crippen LogP contribution >= 0.6 is 11.8 Å². The summed E-state index contributed by atoms with van der Waals surface area (Å²) in [6, 6.07) is 18.3. The average Bonchev–Trinajstić information content (AvgIpc) is 2.83. The monoisotopic (exact) mass is 422 g/mol. The summed E-state index contributed by atoms with van der Waals surface area (Å²) < 4.78 is 0. The van der Waals surface area contributed by atoms with Crippen LogP contribution in [0.15, 0.2) is 59.5 Å². The van der Waals surface area contributed by atoms with Crippen LogP contribution < -0.4 is 0 Å². The fourth-order valence-electron chi connectivity index (χ4n) is 4.31. The van der Waals surface area contributed by atoms with E-state index in [1.54, 1.807) is 11.8 Å². The molecule has 2 aromatic carbocycles. The third-order valence-electron chi connectivity index (χ3n) is 6.15. The van der Waals surface area contributed by atoms with E-state index in [1.165, 1.54) is 16.9 Å². The van der Waals surface area contributed by atoms with E-state index in [0.29, 0.717) is 19.0 Å². The van der Waals surface area contributed by atoms with E-state index >= 15 is 0 Å². The van der Waals surface area contributed by atoms with Gasteiger partial charge in [0.1, 0.15) is 0 Å². The van der Waals surface area contributed by atoms with Gasteiger partial charge in [0.25, 0.3) is 5.91 Å². The molecule has 0 bridgehead atoms. The van der Waals surface area contributed by atoms with E-state index in [9.17, 15) is 9.59 Å². The van der Waals surface area contributed by atoms with Crippen LogP contribution in [0.2, 0.25) is 0 Å². The molecule has 2 saturated heterocycles. The first-order valence-corrected chi connectivity index (χ1v) is 12.0. The highest BCUT2D eigenvalue weighted by Gasteiger charge is 2.30. The lowest BCUT2D eigenvalue weighted by molar-refractivity contribution is -0.137. The van der Waals surface area contributed by atoms with Gasteiger partial charge in [0.2, 0.25) is 5.91 Å². The summed E-state index contributed by atoms with van der Waals surface area (Å²) in [5, 5.41) is 0. The van der Waals surface area contributed by atoms with Crippen molar-refractivity contribution in [2.24, 2.45) is 5.92 Å². The van der Waals surface area contributed by atoms with Crippen LogP contribution in [0.3, 0.4) is 0 Å². The van der Waals surface area contributed by atoms with Crippen molar-refractivity contribution in [3.8, 4) is 0 Å². The molecule has 2 aromatic rings. The number of hydrogen-bond acceptors (Lipinski definition) is 3. The van der Waals surface area contributed by atoms with Gasteiger partial charge < -0.3 is 9.80 Å². The third kappa shape index (κ3) is 5.25. The Morgan fingerprint density at radius 2 is 1.47 bits per heavy atom. The van der Waals surface area contributed by atoms with Gasteiger partial charge in [0, 0.05) is 48.3 Å². The SMILES string of the molecule is O=C(c1ccc(CSc2ccccc2)cc1)N1CCC(C(=O)N2CCCCC2)CC1. The molecule has 0 atom stereocenters. The van der Waals surface area contributed by atoms with Crippen molar-refractivity contribution in [2.45, 2.75) is 42.8 Å². The van der Waals surface area contributed by atoms with Crippen molar-refractivity contribution in [1.82, 2.24) is 9.80 Å². The lowest BCUT2D eigenvalue weighted by Crippen LogP contribution is -2.45. The number of carbonyl (C=O) groups is 2. The van der Waals surface area contributed by atoms with Crippen molar-refractivity contribution in [3.05, 3.63) is 65.7 Å². The van der Waals surface area contributed by atoms with E-state index in [0.717, 1.165) is 50.1 Å². The molecule has 4 nitrogen and oxygen atoms in total. The molecule has 5 heteroatoms. The minimum absolute atomic E-state index is 0.0844. The van der Waals surface area contributed by atoms with Crippen molar-refractivity contribution in [2.75, 3.05) is 26.2 Å². The molecule has 2 amide bonds. The molecule has 4 rings (SSSR count). The Labute approximate surface area is 183 Å². The highest BCUT2D eigenvalue weighted by molar-refractivity contribution is 7.98. The molecule has 0 radical (unpaired) electrons. The molecule has 0 N–H and O–H groups in total. The second-order valence-corrected chi connectivity index (χ2v) is 9.30. The average molecular weight is 423 g/mol. The molecule has 0 unspecified atom stereocenters. The Balaban J connectivity index is 1.27. The highest BCUT2D eigenvalue weighted by Crippen LogP contribution is 2.25. The number of carbonyl (C=O) groups excluding carboxylic acids is 2. The van der Waals surface area contributed by atoms with E-state index in [4.69, 9.17) is 0 Å². The summed E-state index contributed by atoms with van der Waals surface area (Å²) in [5.74, 6) is 1.37. The Morgan fingerprint density at radius 3 is 2.13 bits per heavy atom. The standard InChI is InChI=1S/C25H30N2O2S/c28-24(21-11-9-20(10-12-21)19-30-23-7-3-1-4-8-23)27-17-13-22(14-18-27)25(29)26-15-5-2-6-16-26/h1,3-4,7-12,22H,2,5-6,13-19H2. The molecule has 0 aromatic heterocycles. The van der Waals surface area contributed by atoms with Gasteiger partial charge in [-0.15, -0.1) is 11.8 Å². The lowest BCUT2D eigenvalue weighted by Gasteiger charge is -2.35. The normalized spacial score (nSPS) is 17.7. The van der Waals surface area contributed by atoms with Crippen LogP contribution in [0.1, 0.15) is 48.0 Å². The lowest BCUT2D eigenvalue weighted by atomic mass is 9.94. The van der Waals surface area contributed by atoms with Gasteiger partial charge >= 0.3 is 0 Å². The summed E-state index contributed by atoms with van der Waals surface area (Å²) in [6.07, 6.45) is 5.06. The molecule has 158 valence electrons. The van der Waals surface area contributed by atoms with Crippen LogP contribution in [-0.2, 0) is 10.5 Å². The maximum atomic E-state index is 12.9. The Kier molecular flexibility index (Phi) is 7.11. The second-order valence-electron chi connectivity index (χ2n) is 8.25. The van der Waals surface area contributed by atoms with Crippen LogP contribution in [0.25, 0.3) is 0 Å². The zero-order valence-corrected chi connectivity index (χ0v) is 18.3. The number of hydrogen-bond donors (Lipinski definition) is 0. The van der Waals surface area contributed by atoms with Crippen molar-refractivity contribution in [1.29, 1.82) is 0 Å². The maximum absolute atomic E-state index is 12.9. The minimum Gasteiger partial charge on any atom is -0.342 e. The number of thioether (sulfide) groups is 1. The van der Waals surface area contributed by atoms with Gasteiger partial charge in [0.05, 0.1) is 0 Å². The van der Waals surface area contributed by atoms with Crippen molar-refractivity contribution in [3.63, 3.8) is 0 Å². The predicted octanol–water partition coefficient (Wildman–Crippen LogP) is 4.84. The topological polar surface area (TPSA) is 40.6 Å². The fraction of sp³-hybridized carbons (Fsp3) is 0.440. The van der Waals surface area contributed by atoms with Crippen molar-refractivity contribution < 1.29 is 9.59 Å². The van der Waals surface area contributed by atoms with E-state index in [2.05, 4.69) is 24.3 Å². The predicted molar refractivity (Wildman–Crippen MR) is 122 cm³/mol. The molecule has 2 heterocycles. The number of benzene rings is 2. The smallest absolute Gasteiger partial charge is 0.253 e. The van der Waals surface area contributed by atoms with Crippen LogP contribution in [0.5, 0.6) is 0 Å². The second kappa shape index (κ2) is 10.2. The highest BCUT2D eigenvalue weighted by atomic mass is 32.2. The van der Waals surface area contributed by atoms with E-state index < -0.39 is 0 Å². The zero-order valence-electron chi connectivity index (χ0n) is 17.5. The summed E-state index contributed by atoms with van der Waals surface area (Å²) in [5.41, 5.74) is 1.95. The molecular formula is C25H30N2O2S. The summed E-state index contributed by atoms with van der Waals surface area (Å²) in [7, 11) is 0. The van der Waals surface area contributed by atoms with E-state index in [1.807, 2.05) is 40.1 Å². The Bertz CT molecular complexity index is 839. The van der Waals surface area contributed by atoms with Gasteiger partial charge in [-0.25, -0.2) is 0 Å². The Morgan fingerprint density at radius 1 is 0.800 bits per heavy atom. The van der Waals surface area contributed by atoms with Crippen molar-refractivity contribution >= 4 is 23.6 Å². The van der Waals surface area contributed by atoms with Gasteiger partial charge in [-0.05, 0) is 61.9 Å². The van der Waals surface area contributed by atoms with E-state index in [-0.39, 0.29) is 11.8 Å². The summed E-state index contributed by atoms with van der Waals surface area (Å²) in [4.78, 5) is 30.8. The quantitative estimate of drug-likeness (QED) is 0.647. The number of likely N-dealkylation sites (tertiary alicyclic amines) is 2. The van der Waals surface area contributed by atoms with Gasteiger partial charge in [-0.2, -0.15) is 0 Å². The fourth-order valence-corrected chi connectivity index (χ4v) is 5.19. The Hall–Kier alpha value is -2.27. The first-order chi connectivity index (χ1) is 14.7. The van der Waals surface area contributed by atoms with Crippen LogP contribution in [0.4, 0.5) is 0 Å². The summed E-state index contributed by atoms with van der Waals surface area (Å²) in [6.45, 7) is 3.17. The molecule has 0 saturated carbocycles. The van der Waals surface area contributed by atoms with Gasteiger partial charge in [-0.3, -0.25) is 9.59 Å². The number of piperidine rings is 2. The summed E-state index contributed by atoms with van der Waals surface area (Å²) >= 11 is 1.80. The largest absolute Gasteiger partial charge is 0.342 e. The molecule has 0 aliphatic carbocycles. The minimum atomic E-state index is 0.0844. The molecule has 2 fully saturated rings. The van der Waals surface area contributed by atoms with Crippen LogP contribution in [-0.4, -0.2) is 47.8 Å². The molecular weight excluding hydrogens is 392 g/mol. The number of rotatable bonds is 5. The van der Waals surface area contributed by atoms with Crippen LogP contribution in [0, 0.1) is 5.92 Å². The molecule has 30 heavy (non-hydrogen) atoms. The molecule has 0 spiro atoms. The molecule has 2 aliphatic heterocycles. The number of nitrogens with zero attached hydrogens (tertiary/aromatic N) is 2. The number of amides is 2. The first-order valence-electron chi connectivity index (χ1n) is 11.1.